The molecule has 1 heterocycles. The lowest BCUT2D eigenvalue weighted by Gasteiger charge is -2.42. The van der Waals surface area contributed by atoms with Gasteiger partial charge >= 0.3 is 0 Å². The van der Waals surface area contributed by atoms with Gasteiger partial charge in [0.05, 0.1) is 26.1 Å². The van der Waals surface area contributed by atoms with Crippen LogP contribution in [0.15, 0.2) is 24.3 Å². The number of carbonyl (C=O) groups excluding carboxylic acids is 2. The first kappa shape index (κ1) is 19.1. The minimum atomic E-state index is -1.01. The standard InChI is InChI=1S/C17H24FN3O4/c1-20(2)10-16(23)21-7-8-25-17(11-21,9-15(19)22)12-24-14-5-3-13(18)4-6-14/h3-6H,7-12H2,1-2H3,(H2,19,22)/t17-/m1/s1. The second-order valence-corrected chi connectivity index (χ2v) is 6.47. The average molecular weight is 353 g/mol. The van der Waals surface area contributed by atoms with Gasteiger partial charge in [-0.25, -0.2) is 4.39 Å². The van der Waals surface area contributed by atoms with E-state index in [9.17, 15) is 14.0 Å². The Balaban J connectivity index is 2.08. The molecule has 8 heteroatoms. The van der Waals surface area contributed by atoms with Crippen molar-refractivity contribution in [1.29, 1.82) is 0 Å². The van der Waals surface area contributed by atoms with Crippen LogP contribution in [0.2, 0.25) is 0 Å². The molecule has 0 unspecified atom stereocenters. The summed E-state index contributed by atoms with van der Waals surface area (Å²) in [5, 5.41) is 0. The quantitative estimate of drug-likeness (QED) is 0.759. The van der Waals surface area contributed by atoms with Gasteiger partial charge in [-0.3, -0.25) is 9.59 Å². The maximum absolute atomic E-state index is 13.0. The highest BCUT2D eigenvalue weighted by atomic mass is 19.1. The predicted octanol–water partition coefficient (Wildman–Crippen LogP) is 0.239. The zero-order chi connectivity index (χ0) is 18.4. The molecule has 2 rings (SSSR count). The summed E-state index contributed by atoms with van der Waals surface area (Å²) in [4.78, 5) is 27.3. The molecular formula is C17H24FN3O4. The van der Waals surface area contributed by atoms with Crippen LogP contribution in [0.3, 0.4) is 0 Å². The Hall–Kier alpha value is -2.19. The van der Waals surface area contributed by atoms with Gasteiger partial charge in [-0.2, -0.15) is 0 Å². The van der Waals surface area contributed by atoms with Gasteiger partial charge in [0.25, 0.3) is 0 Å². The monoisotopic (exact) mass is 353 g/mol. The van der Waals surface area contributed by atoms with Crippen LogP contribution in [0, 0.1) is 5.82 Å². The van der Waals surface area contributed by atoms with E-state index in [1.807, 2.05) is 14.1 Å². The second kappa shape index (κ2) is 8.26. The lowest BCUT2D eigenvalue weighted by Crippen LogP contribution is -2.58. The number of rotatable bonds is 7. The lowest BCUT2D eigenvalue weighted by molar-refractivity contribution is -0.162. The van der Waals surface area contributed by atoms with Crippen LogP contribution in [0.4, 0.5) is 4.39 Å². The molecule has 0 aliphatic carbocycles. The number of primary amides is 1. The summed E-state index contributed by atoms with van der Waals surface area (Å²) in [7, 11) is 3.62. The number of halogens is 1. The van der Waals surface area contributed by atoms with E-state index in [1.54, 1.807) is 9.80 Å². The topological polar surface area (TPSA) is 85.1 Å². The fraction of sp³-hybridized carbons (Fsp3) is 0.529. The molecule has 1 aromatic rings. The molecule has 0 saturated carbocycles. The Bertz CT molecular complexity index is 608. The van der Waals surface area contributed by atoms with E-state index in [0.717, 1.165) is 0 Å². The number of amides is 2. The van der Waals surface area contributed by atoms with Crippen molar-refractivity contribution >= 4 is 11.8 Å². The zero-order valence-electron chi connectivity index (χ0n) is 14.5. The molecule has 0 radical (unpaired) electrons. The van der Waals surface area contributed by atoms with Crippen molar-refractivity contribution in [1.82, 2.24) is 9.80 Å². The van der Waals surface area contributed by atoms with Crippen LogP contribution in [-0.2, 0) is 14.3 Å². The van der Waals surface area contributed by atoms with Gasteiger partial charge in [0.2, 0.25) is 11.8 Å². The number of likely N-dealkylation sites (N-methyl/N-ethyl adjacent to an activating group) is 1. The van der Waals surface area contributed by atoms with E-state index in [0.29, 0.717) is 18.9 Å². The largest absolute Gasteiger partial charge is 0.490 e. The Morgan fingerprint density at radius 3 is 2.64 bits per heavy atom. The number of nitrogens with zero attached hydrogens (tertiary/aromatic N) is 2. The number of ether oxygens (including phenoxy) is 2. The highest BCUT2D eigenvalue weighted by Gasteiger charge is 2.40. The molecule has 1 aliphatic heterocycles. The van der Waals surface area contributed by atoms with Crippen LogP contribution in [-0.4, -0.2) is 74.2 Å². The van der Waals surface area contributed by atoms with Crippen LogP contribution in [0.1, 0.15) is 6.42 Å². The Morgan fingerprint density at radius 1 is 1.36 bits per heavy atom. The molecule has 1 saturated heterocycles. The molecule has 7 nitrogen and oxygen atoms in total. The van der Waals surface area contributed by atoms with Gasteiger partial charge in [-0.15, -0.1) is 0 Å². The van der Waals surface area contributed by atoms with E-state index < -0.39 is 11.5 Å². The van der Waals surface area contributed by atoms with Crippen LogP contribution < -0.4 is 10.5 Å². The number of morpholine rings is 1. The zero-order valence-corrected chi connectivity index (χ0v) is 14.5. The fourth-order valence-electron chi connectivity index (χ4n) is 2.74. The fourth-order valence-corrected chi connectivity index (χ4v) is 2.74. The minimum Gasteiger partial charge on any atom is -0.490 e. The van der Waals surface area contributed by atoms with Gasteiger partial charge < -0.3 is 25.0 Å². The van der Waals surface area contributed by atoms with Crippen molar-refractivity contribution in [3.05, 3.63) is 30.1 Å². The summed E-state index contributed by atoms with van der Waals surface area (Å²) in [5.74, 6) is -0.507. The third kappa shape index (κ3) is 5.68. The smallest absolute Gasteiger partial charge is 0.236 e. The first-order valence-corrected chi connectivity index (χ1v) is 8.03. The molecule has 1 aliphatic rings. The predicted molar refractivity (Wildman–Crippen MR) is 89.5 cm³/mol. The molecule has 1 atom stereocenters. The summed E-state index contributed by atoms with van der Waals surface area (Å²) >= 11 is 0. The van der Waals surface area contributed by atoms with Crippen molar-refractivity contribution < 1.29 is 23.5 Å². The van der Waals surface area contributed by atoms with Crippen molar-refractivity contribution in [2.45, 2.75) is 12.0 Å². The van der Waals surface area contributed by atoms with Crippen molar-refractivity contribution in [2.75, 3.05) is 46.9 Å². The van der Waals surface area contributed by atoms with E-state index in [4.69, 9.17) is 15.2 Å². The molecule has 2 amide bonds. The van der Waals surface area contributed by atoms with Gasteiger partial charge in [0.15, 0.2) is 0 Å². The maximum Gasteiger partial charge on any atom is 0.236 e. The van der Waals surface area contributed by atoms with Crippen molar-refractivity contribution in [3.8, 4) is 5.75 Å². The first-order valence-electron chi connectivity index (χ1n) is 8.03. The summed E-state index contributed by atoms with van der Waals surface area (Å²) in [6.07, 6.45) is -0.0695. The van der Waals surface area contributed by atoms with Gasteiger partial charge in [0.1, 0.15) is 23.8 Å². The number of benzene rings is 1. The Morgan fingerprint density at radius 2 is 2.04 bits per heavy atom. The summed E-state index contributed by atoms with van der Waals surface area (Å²) in [5.41, 5.74) is 4.35. The maximum atomic E-state index is 13.0. The lowest BCUT2D eigenvalue weighted by atomic mass is 9.97. The van der Waals surface area contributed by atoms with Crippen LogP contribution >= 0.6 is 0 Å². The summed E-state index contributed by atoms with van der Waals surface area (Å²) in [6, 6.07) is 5.55. The van der Waals surface area contributed by atoms with Crippen molar-refractivity contribution in [2.24, 2.45) is 5.73 Å². The van der Waals surface area contributed by atoms with E-state index >= 15 is 0 Å². The average Bonchev–Trinajstić information content (AvgIpc) is 2.53. The van der Waals surface area contributed by atoms with E-state index in [-0.39, 0.29) is 37.8 Å². The Labute approximate surface area is 146 Å². The molecule has 2 N–H and O–H groups in total. The minimum absolute atomic E-state index is 0.0350. The third-order valence-corrected chi connectivity index (χ3v) is 3.86. The van der Waals surface area contributed by atoms with E-state index in [1.165, 1.54) is 24.3 Å². The highest BCUT2D eigenvalue weighted by molar-refractivity contribution is 5.79. The first-order chi connectivity index (χ1) is 11.8. The molecule has 0 spiro atoms. The molecule has 0 aromatic heterocycles. The number of hydrogen-bond donors (Lipinski definition) is 1. The van der Waals surface area contributed by atoms with Gasteiger partial charge in [-0.1, -0.05) is 0 Å². The normalized spacial score (nSPS) is 20.6. The third-order valence-electron chi connectivity index (χ3n) is 3.86. The molecule has 1 aromatic carbocycles. The number of carbonyl (C=O) groups is 2. The summed E-state index contributed by atoms with van der Waals surface area (Å²) in [6.45, 7) is 1.26. The highest BCUT2D eigenvalue weighted by Crippen LogP contribution is 2.24. The molecule has 138 valence electrons. The SMILES string of the molecule is CN(C)CC(=O)N1CCO[C@](COc2ccc(F)cc2)(CC(N)=O)C1. The van der Waals surface area contributed by atoms with Crippen LogP contribution in [0.5, 0.6) is 5.75 Å². The number of nitrogens with two attached hydrogens (primary N) is 1. The van der Waals surface area contributed by atoms with Gasteiger partial charge in [0, 0.05) is 6.54 Å². The van der Waals surface area contributed by atoms with E-state index in [2.05, 4.69) is 0 Å². The Kier molecular flexibility index (Phi) is 6.33. The molecule has 0 bridgehead atoms. The number of hydrogen-bond acceptors (Lipinski definition) is 5. The second-order valence-electron chi connectivity index (χ2n) is 6.47. The molecule has 1 fully saturated rings. The molecule has 25 heavy (non-hydrogen) atoms. The van der Waals surface area contributed by atoms with Crippen molar-refractivity contribution in [3.63, 3.8) is 0 Å². The van der Waals surface area contributed by atoms with Crippen LogP contribution in [0.25, 0.3) is 0 Å². The molecular weight excluding hydrogens is 329 g/mol. The van der Waals surface area contributed by atoms with Gasteiger partial charge in [-0.05, 0) is 38.4 Å². The summed E-state index contributed by atoms with van der Waals surface area (Å²) < 4.78 is 24.4.